The van der Waals surface area contributed by atoms with E-state index in [0.717, 1.165) is 43.5 Å². The highest BCUT2D eigenvalue weighted by Gasteiger charge is 2.62. The minimum atomic E-state index is 0.336. The molecule has 1 saturated heterocycles. The van der Waals surface area contributed by atoms with Gasteiger partial charge in [0, 0.05) is 11.0 Å². The van der Waals surface area contributed by atoms with Crippen LogP contribution in [0.15, 0.2) is 11.6 Å². The first-order valence-corrected chi connectivity index (χ1v) is 11.7. The Labute approximate surface area is 164 Å². The molecule has 5 aliphatic rings. The number of fused-ring (bicyclic) bond motifs is 4. The minimum Gasteiger partial charge on any atom is -0.378 e. The van der Waals surface area contributed by atoms with Gasteiger partial charge in [-0.05, 0) is 86.9 Å². The second-order valence-electron chi connectivity index (χ2n) is 9.96. The second-order valence-corrected chi connectivity index (χ2v) is 10.2. The van der Waals surface area contributed by atoms with E-state index in [1.807, 2.05) is 0 Å². The van der Waals surface area contributed by atoms with Crippen LogP contribution in [0.25, 0.3) is 0 Å². The Balaban J connectivity index is 1.47. The highest BCUT2D eigenvalue weighted by Crippen LogP contribution is 2.68. The van der Waals surface area contributed by atoms with E-state index in [1.54, 1.807) is 5.54 Å². The molecule has 0 bridgehead atoms. The van der Waals surface area contributed by atoms with Gasteiger partial charge in [0.05, 0.1) is 25.9 Å². The van der Waals surface area contributed by atoms with Gasteiger partial charge in [0.2, 0.25) is 0 Å². The van der Waals surface area contributed by atoms with E-state index >= 15 is 0 Å². The minimum absolute atomic E-state index is 0.336. The molecule has 26 heavy (non-hydrogen) atoms. The van der Waals surface area contributed by atoms with Gasteiger partial charge in [-0.2, -0.15) is 0 Å². The van der Waals surface area contributed by atoms with E-state index in [4.69, 9.17) is 21.1 Å². The number of allylic oxidation sites excluding steroid dienone is 1. The van der Waals surface area contributed by atoms with Crippen molar-refractivity contribution < 1.29 is 9.47 Å². The number of hydrogen-bond donors (Lipinski definition) is 0. The van der Waals surface area contributed by atoms with Crippen molar-refractivity contribution in [2.75, 3.05) is 19.8 Å². The fraction of sp³-hybridized carbons (Fsp3) is 0.913. The van der Waals surface area contributed by atoms with Crippen LogP contribution in [-0.2, 0) is 9.47 Å². The molecule has 1 unspecified atom stereocenters. The van der Waals surface area contributed by atoms with Gasteiger partial charge in [0.25, 0.3) is 0 Å². The predicted octanol–water partition coefficient (Wildman–Crippen LogP) is 5.94. The Kier molecular flexibility index (Phi) is 4.91. The SMILES string of the molecule is ClC=CC[C@]12CCCC[C@@H]1CC[C@H]1[C@@H]3CCC4OCCOC[C@@]43CC[C@@H]12. The summed E-state index contributed by atoms with van der Waals surface area (Å²) in [5.41, 5.74) is 2.66. The number of halogens is 1. The van der Waals surface area contributed by atoms with Crippen molar-refractivity contribution in [3.8, 4) is 0 Å². The Hall–Kier alpha value is -0.0500. The first kappa shape index (κ1) is 18.0. The quantitative estimate of drug-likeness (QED) is 0.592. The average molecular weight is 379 g/mol. The zero-order valence-electron chi connectivity index (χ0n) is 16.1. The molecule has 5 fully saturated rings. The van der Waals surface area contributed by atoms with Crippen LogP contribution in [0.1, 0.15) is 70.6 Å². The molecule has 4 aliphatic carbocycles. The summed E-state index contributed by atoms with van der Waals surface area (Å²) in [6.07, 6.45) is 18.1. The highest BCUT2D eigenvalue weighted by molar-refractivity contribution is 6.25. The third kappa shape index (κ3) is 2.58. The molecular formula is C23H35ClO2. The lowest BCUT2D eigenvalue weighted by Crippen LogP contribution is -2.56. The van der Waals surface area contributed by atoms with Crippen molar-refractivity contribution in [3.05, 3.63) is 11.6 Å². The smallest absolute Gasteiger partial charge is 0.0704 e. The Morgan fingerprint density at radius 2 is 1.88 bits per heavy atom. The molecule has 1 spiro atoms. The van der Waals surface area contributed by atoms with Crippen LogP contribution in [0.3, 0.4) is 0 Å². The van der Waals surface area contributed by atoms with Gasteiger partial charge < -0.3 is 9.47 Å². The Bertz CT molecular complexity index is 548. The first-order valence-electron chi connectivity index (χ1n) is 11.2. The van der Waals surface area contributed by atoms with E-state index in [1.165, 1.54) is 70.6 Å². The van der Waals surface area contributed by atoms with Crippen LogP contribution in [-0.4, -0.2) is 25.9 Å². The average Bonchev–Trinajstić information content (AvgIpc) is 2.93. The summed E-state index contributed by atoms with van der Waals surface area (Å²) in [4.78, 5) is 0. The van der Waals surface area contributed by atoms with Gasteiger partial charge in [0.15, 0.2) is 0 Å². The molecule has 0 radical (unpaired) electrons. The Morgan fingerprint density at radius 3 is 2.81 bits per heavy atom. The molecule has 1 aliphatic heterocycles. The molecule has 0 aromatic rings. The fourth-order valence-corrected chi connectivity index (χ4v) is 8.62. The molecule has 0 N–H and O–H groups in total. The van der Waals surface area contributed by atoms with E-state index in [-0.39, 0.29) is 0 Å². The normalized spacial score (nSPS) is 51.2. The van der Waals surface area contributed by atoms with Crippen molar-refractivity contribution in [1.29, 1.82) is 0 Å². The molecule has 5 rings (SSSR count). The monoisotopic (exact) mass is 378 g/mol. The first-order chi connectivity index (χ1) is 12.8. The fourth-order valence-electron chi connectivity index (χ4n) is 8.53. The third-order valence-corrected chi connectivity index (χ3v) is 9.60. The molecule has 2 nitrogen and oxygen atoms in total. The maximum absolute atomic E-state index is 6.31. The third-order valence-electron chi connectivity index (χ3n) is 9.42. The molecule has 146 valence electrons. The van der Waals surface area contributed by atoms with Crippen LogP contribution in [0.5, 0.6) is 0 Å². The summed E-state index contributed by atoms with van der Waals surface area (Å²) in [6, 6.07) is 0. The maximum atomic E-state index is 6.31. The van der Waals surface area contributed by atoms with Crippen molar-refractivity contribution in [3.63, 3.8) is 0 Å². The maximum Gasteiger partial charge on any atom is 0.0704 e. The van der Waals surface area contributed by atoms with Gasteiger partial charge >= 0.3 is 0 Å². The lowest BCUT2D eigenvalue weighted by molar-refractivity contribution is -0.144. The van der Waals surface area contributed by atoms with Crippen LogP contribution in [0, 0.1) is 34.5 Å². The lowest BCUT2D eigenvalue weighted by atomic mass is 9.44. The van der Waals surface area contributed by atoms with E-state index in [9.17, 15) is 0 Å². The number of rotatable bonds is 2. The van der Waals surface area contributed by atoms with Crippen molar-refractivity contribution in [2.45, 2.75) is 76.7 Å². The number of ether oxygens (including phenoxy) is 2. The predicted molar refractivity (Wildman–Crippen MR) is 105 cm³/mol. The van der Waals surface area contributed by atoms with Crippen molar-refractivity contribution in [2.24, 2.45) is 34.5 Å². The van der Waals surface area contributed by atoms with Gasteiger partial charge in [-0.3, -0.25) is 0 Å². The molecule has 7 atom stereocenters. The van der Waals surface area contributed by atoms with Crippen molar-refractivity contribution in [1.82, 2.24) is 0 Å². The summed E-state index contributed by atoms with van der Waals surface area (Å²) in [5.74, 6) is 3.59. The van der Waals surface area contributed by atoms with Crippen LogP contribution < -0.4 is 0 Å². The summed E-state index contributed by atoms with van der Waals surface area (Å²) in [5, 5.41) is 0. The van der Waals surface area contributed by atoms with Gasteiger partial charge in [-0.15, -0.1) is 0 Å². The van der Waals surface area contributed by atoms with Crippen molar-refractivity contribution >= 4 is 11.6 Å². The van der Waals surface area contributed by atoms with E-state index < -0.39 is 0 Å². The van der Waals surface area contributed by atoms with E-state index in [2.05, 4.69) is 6.08 Å². The van der Waals surface area contributed by atoms with Gasteiger partial charge in [-0.25, -0.2) is 0 Å². The van der Waals surface area contributed by atoms with Gasteiger partial charge in [0.1, 0.15) is 0 Å². The van der Waals surface area contributed by atoms with E-state index in [0.29, 0.717) is 16.9 Å². The molecule has 1 heterocycles. The molecule has 3 heteroatoms. The largest absolute Gasteiger partial charge is 0.378 e. The molecule has 0 aromatic carbocycles. The van der Waals surface area contributed by atoms with Crippen LogP contribution in [0.4, 0.5) is 0 Å². The van der Waals surface area contributed by atoms with Crippen LogP contribution >= 0.6 is 11.6 Å². The molecular weight excluding hydrogens is 344 g/mol. The zero-order chi connectivity index (χ0) is 17.6. The zero-order valence-corrected chi connectivity index (χ0v) is 16.9. The molecule has 0 amide bonds. The van der Waals surface area contributed by atoms with Crippen LogP contribution in [0.2, 0.25) is 0 Å². The summed E-state index contributed by atoms with van der Waals surface area (Å²) < 4.78 is 12.4. The number of hydrogen-bond acceptors (Lipinski definition) is 2. The summed E-state index contributed by atoms with van der Waals surface area (Å²) in [6.45, 7) is 2.56. The molecule has 0 aromatic heterocycles. The summed E-state index contributed by atoms with van der Waals surface area (Å²) in [7, 11) is 0. The summed E-state index contributed by atoms with van der Waals surface area (Å²) >= 11 is 6.01. The van der Waals surface area contributed by atoms with Gasteiger partial charge in [-0.1, -0.05) is 30.5 Å². The second kappa shape index (κ2) is 7.08. The highest BCUT2D eigenvalue weighted by atomic mass is 35.5. The lowest BCUT2D eigenvalue weighted by Gasteiger charge is -2.61. The topological polar surface area (TPSA) is 18.5 Å². The molecule has 4 saturated carbocycles. The standard InChI is InChI=1S/C23H35ClO2/c24-13-3-11-22-10-2-1-4-17(22)5-6-18-19-7-8-21-23(19,12-9-20(18)22)16-25-14-15-26-21/h3,13,17-21H,1-2,4-12,14-16H2/t17-,18+,19+,20+,21?,22-,23-/m1/s1. The Morgan fingerprint density at radius 1 is 0.923 bits per heavy atom.